The van der Waals surface area contributed by atoms with Crippen LogP contribution in [-0.4, -0.2) is 22.4 Å². The lowest BCUT2D eigenvalue weighted by atomic mass is 10.3. The molecule has 0 saturated carbocycles. The number of para-hydroxylation sites is 2. The standard InChI is InChI=1S/C15H14ClN3O2/c16-9-10-5-6-13(21-10)15(20)17-8-7-14-18-11-3-1-2-4-12(11)19-14/h1-6H,7-9H2,(H,17,20)(H,18,19). The first-order valence-corrected chi connectivity index (χ1v) is 7.16. The van der Waals surface area contributed by atoms with Crippen LogP contribution in [0.2, 0.25) is 0 Å². The maximum absolute atomic E-state index is 11.9. The lowest BCUT2D eigenvalue weighted by Gasteiger charge is -2.01. The minimum atomic E-state index is -0.248. The van der Waals surface area contributed by atoms with E-state index in [0.29, 0.717) is 18.7 Å². The second-order valence-corrected chi connectivity index (χ2v) is 4.87. The number of furan rings is 1. The molecule has 0 aliphatic rings. The number of hydrogen-bond acceptors (Lipinski definition) is 3. The third-order valence-corrected chi connectivity index (χ3v) is 3.37. The van der Waals surface area contributed by atoms with Gasteiger partial charge in [-0.1, -0.05) is 12.1 Å². The molecule has 0 aliphatic heterocycles. The van der Waals surface area contributed by atoms with Crippen molar-refractivity contribution in [3.63, 3.8) is 0 Å². The number of nitrogens with zero attached hydrogens (tertiary/aromatic N) is 1. The predicted octanol–water partition coefficient (Wildman–Crippen LogP) is 2.87. The molecule has 0 saturated heterocycles. The van der Waals surface area contributed by atoms with E-state index in [1.54, 1.807) is 12.1 Å². The molecule has 0 fully saturated rings. The maximum Gasteiger partial charge on any atom is 0.287 e. The Kier molecular flexibility index (Phi) is 3.92. The van der Waals surface area contributed by atoms with Crippen molar-refractivity contribution in [2.45, 2.75) is 12.3 Å². The van der Waals surface area contributed by atoms with Crippen molar-refractivity contribution in [2.75, 3.05) is 6.54 Å². The van der Waals surface area contributed by atoms with Crippen LogP contribution in [0.3, 0.4) is 0 Å². The zero-order valence-electron chi connectivity index (χ0n) is 11.2. The highest BCUT2D eigenvalue weighted by Gasteiger charge is 2.10. The van der Waals surface area contributed by atoms with Crippen molar-refractivity contribution >= 4 is 28.5 Å². The van der Waals surface area contributed by atoms with Crippen molar-refractivity contribution in [3.8, 4) is 0 Å². The van der Waals surface area contributed by atoms with E-state index in [1.165, 1.54) is 0 Å². The molecule has 0 bridgehead atoms. The number of nitrogens with one attached hydrogen (secondary N) is 2. The van der Waals surface area contributed by atoms with E-state index in [4.69, 9.17) is 16.0 Å². The largest absolute Gasteiger partial charge is 0.455 e. The summed E-state index contributed by atoms with van der Waals surface area (Å²) in [4.78, 5) is 19.5. The number of carbonyl (C=O) groups is 1. The number of aromatic nitrogens is 2. The van der Waals surface area contributed by atoms with E-state index in [1.807, 2.05) is 24.3 Å². The minimum absolute atomic E-state index is 0.248. The second-order valence-electron chi connectivity index (χ2n) is 4.61. The lowest BCUT2D eigenvalue weighted by Crippen LogP contribution is -2.25. The van der Waals surface area contributed by atoms with E-state index in [-0.39, 0.29) is 17.5 Å². The Morgan fingerprint density at radius 1 is 1.29 bits per heavy atom. The van der Waals surface area contributed by atoms with Crippen LogP contribution in [0.15, 0.2) is 40.8 Å². The Morgan fingerprint density at radius 3 is 2.90 bits per heavy atom. The van der Waals surface area contributed by atoms with Gasteiger partial charge in [-0.25, -0.2) is 4.98 Å². The van der Waals surface area contributed by atoms with Crippen LogP contribution in [0, 0.1) is 0 Å². The summed E-state index contributed by atoms with van der Waals surface area (Å²) in [5.74, 6) is 1.71. The van der Waals surface area contributed by atoms with E-state index in [2.05, 4.69) is 15.3 Å². The number of amides is 1. The number of aromatic amines is 1. The number of fused-ring (bicyclic) bond motifs is 1. The summed E-state index contributed by atoms with van der Waals surface area (Å²) < 4.78 is 5.28. The first-order chi connectivity index (χ1) is 10.3. The van der Waals surface area contributed by atoms with Crippen molar-refractivity contribution in [2.24, 2.45) is 0 Å². The molecule has 2 N–H and O–H groups in total. The van der Waals surface area contributed by atoms with Gasteiger partial charge in [-0.05, 0) is 24.3 Å². The molecule has 6 heteroatoms. The third kappa shape index (κ3) is 3.08. The lowest BCUT2D eigenvalue weighted by molar-refractivity contribution is 0.0925. The Morgan fingerprint density at radius 2 is 2.14 bits per heavy atom. The summed E-state index contributed by atoms with van der Waals surface area (Å²) in [7, 11) is 0. The highest BCUT2D eigenvalue weighted by Crippen LogP contribution is 2.11. The summed E-state index contributed by atoms with van der Waals surface area (Å²) in [5.41, 5.74) is 1.92. The van der Waals surface area contributed by atoms with Crippen LogP contribution in [-0.2, 0) is 12.3 Å². The van der Waals surface area contributed by atoms with Crippen LogP contribution < -0.4 is 5.32 Å². The van der Waals surface area contributed by atoms with Crippen LogP contribution in [0.25, 0.3) is 11.0 Å². The molecule has 1 amide bonds. The number of imidazole rings is 1. The van der Waals surface area contributed by atoms with Gasteiger partial charge in [0.1, 0.15) is 11.6 Å². The molecule has 21 heavy (non-hydrogen) atoms. The Hall–Kier alpha value is -2.27. The van der Waals surface area contributed by atoms with Gasteiger partial charge >= 0.3 is 0 Å². The van der Waals surface area contributed by atoms with Gasteiger partial charge in [-0.15, -0.1) is 11.6 Å². The highest BCUT2D eigenvalue weighted by atomic mass is 35.5. The molecule has 0 spiro atoms. The average molecular weight is 304 g/mol. The minimum Gasteiger partial charge on any atom is -0.455 e. The molecule has 2 aromatic heterocycles. The van der Waals surface area contributed by atoms with Gasteiger partial charge in [0.25, 0.3) is 5.91 Å². The molecular formula is C15H14ClN3O2. The van der Waals surface area contributed by atoms with E-state index in [9.17, 15) is 4.79 Å². The van der Waals surface area contributed by atoms with E-state index in [0.717, 1.165) is 16.9 Å². The molecule has 0 radical (unpaired) electrons. The fourth-order valence-corrected chi connectivity index (χ4v) is 2.22. The van der Waals surface area contributed by atoms with E-state index < -0.39 is 0 Å². The number of carbonyl (C=O) groups excluding carboxylic acids is 1. The quantitative estimate of drug-likeness (QED) is 0.712. The fourth-order valence-electron chi connectivity index (χ4n) is 2.08. The van der Waals surface area contributed by atoms with Gasteiger partial charge < -0.3 is 14.7 Å². The normalized spacial score (nSPS) is 10.9. The smallest absolute Gasteiger partial charge is 0.287 e. The monoisotopic (exact) mass is 303 g/mol. The first kappa shape index (κ1) is 13.7. The van der Waals surface area contributed by atoms with Gasteiger partial charge in [-0.2, -0.15) is 0 Å². The number of hydrogen-bond donors (Lipinski definition) is 2. The molecule has 0 atom stereocenters. The average Bonchev–Trinajstić information content (AvgIpc) is 3.13. The summed E-state index contributed by atoms with van der Waals surface area (Å²) in [5, 5.41) is 2.79. The molecule has 0 unspecified atom stereocenters. The molecule has 108 valence electrons. The van der Waals surface area contributed by atoms with Crippen LogP contribution >= 0.6 is 11.6 Å². The zero-order valence-corrected chi connectivity index (χ0v) is 12.0. The summed E-state index contributed by atoms with van der Waals surface area (Å²) >= 11 is 5.63. The van der Waals surface area contributed by atoms with Gasteiger partial charge in [-0.3, -0.25) is 4.79 Å². The summed E-state index contributed by atoms with van der Waals surface area (Å²) in [6, 6.07) is 11.1. The van der Waals surface area contributed by atoms with E-state index >= 15 is 0 Å². The van der Waals surface area contributed by atoms with Crippen molar-refractivity contribution in [3.05, 3.63) is 53.7 Å². The second kappa shape index (κ2) is 6.01. The van der Waals surface area contributed by atoms with Crippen molar-refractivity contribution < 1.29 is 9.21 Å². The van der Waals surface area contributed by atoms with Gasteiger partial charge in [0.05, 0.1) is 16.9 Å². The Balaban J connectivity index is 1.56. The SMILES string of the molecule is O=C(NCCc1nc2ccccc2[nH]1)c1ccc(CCl)o1. The first-order valence-electron chi connectivity index (χ1n) is 6.63. The van der Waals surface area contributed by atoms with Crippen molar-refractivity contribution in [1.82, 2.24) is 15.3 Å². The van der Waals surface area contributed by atoms with Gasteiger partial charge in [0.15, 0.2) is 5.76 Å². The fraction of sp³-hybridized carbons (Fsp3) is 0.200. The van der Waals surface area contributed by atoms with Crippen LogP contribution in [0.5, 0.6) is 0 Å². The van der Waals surface area contributed by atoms with Crippen molar-refractivity contribution in [1.29, 1.82) is 0 Å². The number of benzene rings is 1. The molecule has 3 aromatic rings. The Bertz CT molecular complexity index is 730. The number of rotatable bonds is 5. The topological polar surface area (TPSA) is 70.9 Å². The van der Waals surface area contributed by atoms with Crippen LogP contribution in [0.4, 0.5) is 0 Å². The third-order valence-electron chi connectivity index (χ3n) is 3.10. The predicted molar refractivity (Wildman–Crippen MR) is 80.4 cm³/mol. The number of H-pyrrole nitrogens is 1. The Labute approximate surface area is 126 Å². The maximum atomic E-state index is 11.9. The molecular weight excluding hydrogens is 290 g/mol. The zero-order chi connectivity index (χ0) is 14.7. The number of halogens is 1. The van der Waals surface area contributed by atoms with Crippen LogP contribution in [0.1, 0.15) is 22.1 Å². The highest BCUT2D eigenvalue weighted by molar-refractivity contribution is 6.16. The molecule has 2 heterocycles. The molecule has 0 aliphatic carbocycles. The molecule has 5 nitrogen and oxygen atoms in total. The summed E-state index contributed by atoms with van der Waals surface area (Å²) in [6.07, 6.45) is 0.628. The molecule has 3 rings (SSSR count). The number of alkyl halides is 1. The van der Waals surface area contributed by atoms with Gasteiger partial charge in [0, 0.05) is 13.0 Å². The summed E-state index contributed by atoms with van der Waals surface area (Å²) in [6.45, 7) is 0.482. The molecule has 1 aromatic carbocycles. The van der Waals surface area contributed by atoms with Gasteiger partial charge in [0.2, 0.25) is 0 Å².